The third kappa shape index (κ3) is 3.84. The van der Waals surface area contributed by atoms with Gasteiger partial charge >= 0.3 is 0 Å². The molecule has 8 heteroatoms. The molecule has 30 heavy (non-hydrogen) atoms. The summed E-state index contributed by atoms with van der Waals surface area (Å²) in [5.74, 6) is -0.126. The van der Waals surface area contributed by atoms with Crippen LogP contribution in [0.4, 0.5) is 5.69 Å². The fourth-order valence-electron chi connectivity index (χ4n) is 5.38. The summed E-state index contributed by atoms with van der Waals surface area (Å²) in [6, 6.07) is 6.68. The number of nitrogens with zero attached hydrogens (tertiary/aromatic N) is 4. The minimum absolute atomic E-state index is 0.0631. The van der Waals surface area contributed by atoms with Crippen molar-refractivity contribution in [2.24, 2.45) is 0 Å². The molecule has 2 amide bonds. The lowest BCUT2D eigenvalue weighted by Gasteiger charge is -2.41. The first-order valence-electron chi connectivity index (χ1n) is 11.1. The van der Waals surface area contributed by atoms with E-state index in [2.05, 4.69) is 21.9 Å². The van der Waals surface area contributed by atoms with E-state index in [-0.39, 0.29) is 11.8 Å². The molecule has 4 fully saturated rings. The predicted molar refractivity (Wildman–Crippen MR) is 114 cm³/mol. The highest BCUT2D eigenvalue weighted by molar-refractivity contribution is 6.30. The highest BCUT2D eigenvalue weighted by Crippen LogP contribution is 2.36. The maximum absolute atomic E-state index is 12.0. The summed E-state index contributed by atoms with van der Waals surface area (Å²) in [5.41, 5.74) is 2.52. The Morgan fingerprint density at radius 1 is 1.00 bits per heavy atom. The maximum atomic E-state index is 12.0. The molecule has 1 aliphatic carbocycles. The number of amides is 2. The Bertz CT molecular complexity index is 811. The molecule has 1 aromatic rings. The molecular formula is C22H29ClN4O3. The van der Waals surface area contributed by atoms with Crippen LogP contribution in [0, 0.1) is 0 Å². The number of halogens is 1. The largest absolute Gasteiger partial charge is 0.374 e. The van der Waals surface area contributed by atoms with Crippen LogP contribution in [-0.2, 0) is 20.9 Å². The van der Waals surface area contributed by atoms with Gasteiger partial charge in [-0.25, -0.2) is 10.0 Å². The van der Waals surface area contributed by atoms with Gasteiger partial charge in [0.15, 0.2) is 0 Å². The molecule has 7 nitrogen and oxygen atoms in total. The van der Waals surface area contributed by atoms with Crippen molar-refractivity contribution in [3.8, 4) is 0 Å². The summed E-state index contributed by atoms with van der Waals surface area (Å²) < 4.78 is 6.00. The Hall–Kier alpha value is -1.67. The summed E-state index contributed by atoms with van der Waals surface area (Å²) in [4.78, 5) is 29.0. The Kier molecular flexibility index (Phi) is 5.71. The Labute approximate surface area is 182 Å². The van der Waals surface area contributed by atoms with Crippen molar-refractivity contribution in [3.63, 3.8) is 0 Å². The number of anilines is 1. The fraction of sp³-hybridized carbons (Fsp3) is 0.636. The van der Waals surface area contributed by atoms with Crippen molar-refractivity contribution < 1.29 is 14.3 Å². The van der Waals surface area contributed by atoms with Crippen molar-refractivity contribution in [3.05, 3.63) is 28.8 Å². The molecule has 0 radical (unpaired) electrons. The van der Waals surface area contributed by atoms with Crippen LogP contribution in [0.2, 0.25) is 5.02 Å². The maximum Gasteiger partial charge on any atom is 0.244 e. The SMILES string of the molecule is O=C1CCC(=O)N1N1CCN(Cc2ccc(Cl)cc2N2CCOC3CCCC32)CC1. The zero-order valence-electron chi connectivity index (χ0n) is 17.3. The van der Waals surface area contributed by atoms with E-state index in [1.54, 1.807) is 0 Å². The van der Waals surface area contributed by atoms with Crippen molar-refractivity contribution >= 4 is 29.1 Å². The molecule has 162 valence electrons. The first-order chi connectivity index (χ1) is 14.6. The van der Waals surface area contributed by atoms with Gasteiger partial charge in [-0.15, -0.1) is 0 Å². The van der Waals surface area contributed by atoms with Crippen LogP contribution in [0.3, 0.4) is 0 Å². The lowest BCUT2D eigenvalue weighted by Crippen LogP contribution is -2.55. The van der Waals surface area contributed by atoms with E-state index in [0.717, 1.165) is 44.2 Å². The summed E-state index contributed by atoms with van der Waals surface area (Å²) in [6.07, 6.45) is 4.56. The molecular weight excluding hydrogens is 404 g/mol. The molecule has 0 spiro atoms. The van der Waals surface area contributed by atoms with E-state index >= 15 is 0 Å². The smallest absolute Gasteiger partial charge is 0.244 e. The number of imide groups is 1. The van der Waals surface area contributed by atoms with Gasteiger partial charge in [0, 0.05) is 62.8 Å². The Morgan fingerprint density at radius 2 is 1.77 bits per heavy atom. The molecule has 5 rings (SSSR count). The second-order valence-electron chi connectivity index (χ2n) is 8.70. The number of ether oxygens (including phenoxy) is 1. The highest BCUT2D eigenvalue weighted by Gasteiger charge is 2.38. The molecule has 1 aromatic carbocycles. The molecule has 3 aliphatic heterocycles. The number of carbonyl (C=O) groups is 2. The highest BCUT2D eigenvalue weighted by atomic mass is 35.5. The second-order valence-corrected chi connectivity index (χ2v) is 9.14. The first-order valence-corrected chi connectivity index (χ1v) is 11.5. The van der Waals surface area contributed by atoms with Gasteiger partial charge in [-0.1, -0.05) is 17.7 Å². The van der Waals surface area contributed by atoms with Crippen LogP contribution in [0.15, 0.2) is 18.2 Å². The Morgan fingerprint density at radius 3 is 2.53 bits per heavy atom. The van der Waals surface area contributed by atoms with E-state index in [0.29, 0.717) is 38.1 Å². The summed E-state index contributed by atoms with van der Waals surface area (Å²) in [7, 11) is 0. The van der Waals surface area contributed by atoms with Crippen molar-refractivity contribution in [2.75, 3.05) is 44.2 Å². The van der Waals surface area contributed by atoms with Crippen LogP contribution in [0.5, 0.6) is 0 Å². The van der Waals surface area contributed by atoms with Crippen molar-refractivity contribution in [1.29, 1.82) is 0 Å². The summed E-state index contributed by atoms with van der Waals surface area (Å²) in [5, 5.41) is 4.06. The Balaban J connectivity index is 1.28. The van der Waals surface area contributed by atoms with Gasteiger partial charge in [0.05, 0.1) is 18.8 Å². The standard InChI is InChI=1S/C22H29ClN4O3/c23-17-5-4-16(19(14-17)26-12-13-30-20-3-1-2-18(20)26)15-24-8-10-25(11-9-24)27-21(28)6-7-22(27)29/h4-5,14,18,20H,1-3,6-13,15H2. The number of rotatable bonds is 4. The lowest BCUT2D eigenvalue weighted by molar-refractivity contribution is -0.160. The molecule has 2 atom stereocenters. The molecule has 4 aliphatic rings. The van der Waals surface area contributed by atoms with Crippen LogP contribution < -0.4 is 4.90 Å². The predicted octanol–water partition coefficient (Wildman–Crippen LogP) is 2.28. The molecule has 3 heterocycles. The minimum atomic E-state index is -0.0631. The first kappa shape index (κ1) is 20.2. The quantitative estimate of drug-likeness (QED) is 0.680. The average Bonchev–Trinajstić information content (AvgIpc) is 3.36. The van der Waals surface area contributed by atoms with Gasteiger partial charge in [-0.05, 0) is 37.0 Å². The molecule has 1 saturated carbocycles. The van der Waals surface area contributed by atoms with E-state index in [9.17, 15) is 9.59 Å². The van der Waals surface area contributed by atoms with Crippen LogP contribution in [0.25, 0.3) is 0 Å². The van der Waals surface area contributed by atoms with E-state index in [1.165, 1.54) is 29.1 Å². The zero-order chi connectivity index (χ0) is 20.7. The number of piperazine rings is 1. The number of fused-ring (bicyclic) bond motifs is 1. The third-order valence-corrected chi connectivity index (χ3v) is 7.12. The van der Waals surface area contributed by atoms with Crippen LogP contribution in [0.1, 0.15) is 37.7 Å². The summed E-state index contributed by atoms with van der Waals surface area (Å²) >= 11 is 6.39. The van der Waals surface area contributed by atoms with E-state index in [4.69, 9.17) is 16.3 Å². The van der Waals surface area contributed by atoms with Gasteiger partial charge in [0.1, 0.15) is 0 Å². The number of hydrogen-bond donors (Lipinski definition) is 0. The zero-order valence-corrected chi connectivity index (χ0v) is 18.0. The van der Waals surface area contributed by atoms with Gasteiger partial charge < -0.3 is 9.64 Å². The van der Waals surface area contributed by atoms with Gasteiger partial charge in [-0.3, -0.25) is 14.5 Å². The number of morpholine rings is 1. The topological polar surface area (TPSA) is 56.3 Å². The van der Waals surface area contributed by atoms with Crippen molar-refractivity contribution in [1.82, 2.24) is 14.9 Å². The molecule has 3 saturated heterocycles. The fourth-order valence-corrected chi connectivity index (χ4v) is 5.55. The molecule has 2 unspecified atom stereocenters. The summed E-state index contributed by atoms with van der Waals surface area (Å²) in [6.45, 7) is 5.57. The van der Waals surface area contributed by atoms with Crippen molar-refractivity contribution in [2.45, 2.75) is 50.8 Å². The monoisotopic (exact) mass is 432 g/mol. The number of benzene rings is 1. The lowest BCUT2D eigenvalue weighted by atomic mass is 10.1. The third-order valence-electron chi connectivity index (χ3n) is 6.89. The van der Waals surface area contributed by atoms with Gasteiger partial charge in [-0.2, -0.15) is 0 Å². The van der Waals surface area contributed by atoms with E-state index in [1.807, 2.05) is 11.1 Å². The van der Waals surface area contributed by atoms with E-state index < -0.39 is 0 Å². The van der Waals surface area contributed by atoms with Crippen LogP contribution >= 0.6 is 11.6 Å². The average molecular weight is 433 g/mol. The number of hydrogen-bond acceptors (Lipinski definition) is 6. The van der Waals surface area contributed by atoms with Gasteiger partial charge in [0.2, 0.25) is 11.8 Å². The van der Waals surface area contributed by atoms with Crippen LogP contribution in [-0.4, -0.2) is 78.2 Å². The second kappa shape index (κ2) is 8.46. The van der Waals surface area contributed by atoms with Gasteiger partial charge in [0.25, 0.3) is 0 Å². The molecule has 0 N–H and O–H groups in total. The molecule has 0 aromatic heterocycles. The number of hydrazine groups is 1. The number of carbonyl (C=O) groups excluding carboxylic acids is 2. The molecule has 0 bridgehead atoms. The normalized spacial score (nSPS) is 28.4. The minimum Gasteiger partial charge on any atom is -0.374 e.